The van der Waals surface area contributed by atoms with E-state index in [2.05, 4.69) is 30.8 Å². The van der Waals surface area contributed by atoms with Crippen molar-refractivity contribution in [1.29, 1.82) is 0 Å². The first-order chi connectivity index (χ1) is 8.92. The molecule has 9 heteroatoms. The van der Waals surface area contributed by atoms with E-state index in [9.17, 15) is 8.42 Å². The monoisotopic (exact) mass is 362 g/mol. The summed E-state index contributed by atoms with van der Waals surface area (Å²) in [7, 11) is -3.70. The molecule has 1 heterocycles. The first kappa shape index (κ1) is 14.2. The van der Waals surface area contributed by atoms with Gasteiger partial charge in [0.15, 0.2) is 0 Å². The number of anilines is 2. The van der Waals surface area contributed by atoms with Crippen molar-refractivity contribution in [3.05, 3.63) is 27.7 Å². The summed E-state index contributed by atoms with van der Waals surface area (Å²) in [6, 6.07) is 4.49. The van der Waals surface area contributed by atoms with Crippen molar-refractivity contribution < 1.29 is 8.42 Å². The number of rotatable bonds is 4. The molecular formula is C10H11BrN4O2S2. The minimum atomic E-state index is -3.70. The smallest absolute Gasteiger partial charge is 0.264 e. The van der Waals surface area contributed by atoms with Crippen LogP contribution in [0.5, 0.6) is 0 Å². The molecule has 19 heavy (non-hydrogen) atoms. The maximum Gasteiger partial charge on any atom is 0.264 e. The van der Waals surface area contributed by atoms with Crippen LogP contribution in [0.15, 0.2) is 27.6 Å². The highest BCUT2D eigenvalue weighted by atomic mass is 79.9. The molecule has 0 saturated carbocycles. The van der Waals surface area contributed by atoms with E-state index in [4.69, 9.17) is 5.73 Å². The fourth-order valence-corrected chi connectivity index (χ4v) is 4.35. The summed E-state index contributed by atoms with van der Waals surface area (Å²) < 4.78 is 27.2. The van der Waals surface area contributed by atoms with Crippen molar-refractivity contribution in [2.75, 3.05) is 10.5 Å². The molecule has 0 aliphatic carbocycles. The third-order valence-corrected chi connectivity index (χ3v) is 5.66. The minimum Gasteiger partial charge on any atom is -0.399 e. The summed E-state index contributed by atoms with van der Waals surface area (Å²) in [4.78, 5) is 0.106. The fourth-order valence-electron chi connectivity index (χ4n) is 1.34. The molecule has 102 valence electrons. The predicted octanol–water partition coefficient (Wildman–Crippen LogP) is 2.25. The molecule has 0 amide bonds. The van der Waals surface area contributed by atoms with Crippen LogP contribution in [0, 0.1) is 0 Å². The van der Waals surface area contributed by atoms with Crippen LogP contribution in [0.1, 0.15) is 11.9 Å². The van der Waals surface area contributed by atoms with Gasteiger partial charge in [-0.3, -0.25) is 4.72 Å². The second-order valence-corrected chi connectivity index (χ2v) is 7.22. The number of aryl methyl sites for hydroxylation is 1. The molecule has 0 fully saturated rings. The first-order valence-corrected chi connectivity index (χ1v) is 8.42. The van der Waals surface area contributed by atoms with Gasteiger partial charge in [0.25, 0.3) is 10.0 Å². The van der Waals surface area contributed by atoms with Gasteiger partial charge >= 0.3 is 0 Å². The normalized spacial score (nSPS) is 11.5. The summed E-state index contributed by atoms with van der Waals surface area (Å²) in [5.41, 5.74) is 6.06. The molecule has 0 aliphatic rings. The number of hydrogen-bond acceptors (Lipinski definition) is 6. The Morgan fingerprint density at radius 1 is 1.42 bits per heavy atom. The van der Waals surface area contributed by atoms with Crippen molar-refractivity contribution in [3.8, 4) is 0 Å². The highest BCUT2D eigenvalue weighted by Crippen LogP contribution is 2.27. The quantitative estimate of drug-likeness (QED) is 0.812. The van der Waals surface area contributed by atoms with E-state index < -0.39 is 10.0 Å². The SMILES string of the molecule is CCc1nnc(NS(=O)(=O)c2ccc(N)cc2Br)s1. The first-order valence-electron chi connectivity index (χ1n) is 5.32. The number of nitrogens with two attached hydrogens (primary N) is 1. The van der Waals surface area contributed by atoms with Crippen LogP contribution >= 0.6 is 27.3 Å². The Morgan fingerprint density at radius 2 is 2.16 bits per heavy atom. The summed E-state index contributed by atoms with van der Waals surface area (Å²) >= 11 is 4.39. The molecule has 1 aromatic heterocycles. The number of benzene rings is 1. The van der Waals surface area contributed by atoms with Crippen LogP contribution in [0.4, 0.5) is 10.8 Å². The Bertz CT molecular complexity index is 699. The van der Waals surface area contributed by atoms with Crippen LogP contribution in [0.3, 0.4) is 0 Å². The van der Waals surface area contributed by atoms with Gasteiger partial charge in [-0.25, -0.2) is 8.42 Å². The third-order valence-electron chi connectivity index (χ3n) is 2.24. The lowest BCUT2D eigenvalue weighted by molar-refractivity contribution is 0.600. The summed E-state index contributed by atoms with van der Waals surface area (Å²) in [5.74, 6) is 0. The molecule has 3 N–H and O–H groups in total. The number of aromatic nitrogens is 2. The molecular weight excluding hydrogens is 352 g/mol. The molecule has 0 unspecified atom stereocenters. The standard InChI is InChI=1S/C10H11BrN4O2S2/c1-2-9-13-14-10(18-9)15-19(16,17)8-4-3-6(12)5-7(8)11/h3-5H,2,12H2,1H3,(H,14,15). The number of hydrogen-bond donors (Lipinski definition) is 2. The molecule has 0 saturated heterocycles. The predicted molar refractivity (Wildman–Crippen MR) is 78.6 cm³/mol. The highest BCUT2D eigenvalue weighted by Gasteiger charge is 2.19. The number of nitrogens with one attached hydrogen (secondary N) is 1. The van der Waals surface area contributed by atoms with E-state index in [0.717, 1.165) is 5.01 Å². The molecule has 6 nitrogen and oxygen atoms in total. The number of sulfonamides is 1. The third kappa shape index (κ3) is 3.23. The maximum atomic E-state index is 12.2. The largest absolute Gasteiger partial charge is 0.399 e. The van der Waals surface area contributed by atoms with Gasteiger partial charge < -0.3 is 5.73 Å². The van der Waals surface area contributed by atoms with Crippen LogP contribution < -0.4 is 10.5 Å². The number of halogens is 1. The topological polar surface area (TPSA) is 98.0 Å². The lowest BCUT2D eigenvalue weighted by Crippen LogP contribution is -2.13. The molecule has 0 aliphatic heterocycles. The Labute approximate surface area is 123 Å². The molecule has 0 radical (unpaired) electrons. The van der Waals surface area contributed by atoms with Crippen LogP contribution in [-0.4, -0.2) is 18.6 Å². The van der Waals surface area contributed by atoms with Gasteiger partial charge in [0.1, 0.15) is 9.90 Å². The van der Waals surface area contributed by atoms with Crippen molar-refractivity contribution >= 4 is 48.1 Å². The van der Waals surface area contributed by atoms with E-state index >= 15 is 0 Å². The Balaban J connectivity index is 2.32. The zero-order valence-electron chi connectivity index (χ0n) is 9.92. The molecule has 2 aromatic rings. The summed E-state index contributed by atoms with van der Waals surface area (Å²) in [5, 5.41) is 8.66. The van der Waals surface area contributed by atoms with Gasteiger partial charge in [-0.2, -0.15) is 0 Å². The van der Waals surface area contributed by atoms with Crippen molar-refractivity contribution in [3.63, 3.8) is 0 Å². The van der Waals surface area contributed by atoms with Gasteiger partial charge in [0.2, 0.25) is 5.13 Å². The highest BCUT2D eigenvalue weighted by molar-refractivity contribution is 9.10. The van der Waals surface area contributed by atoms with E-state index in [1.807, 2.05) is 6.92 Å². The van der Waals surface area contributed by atoms with Crippen molar-refractivity contribution in [2.24, 2.45) is 0 Å². The minimum absolute atomic E-state index is 0.106. The van der Waals surface area contributed by atoms with Gasteiger partial charge in [0.05, 0.1) is 0 Å². The Morgan fingerprint density at radius 3 is 2.74 bits per heavy atom. The molecule has 2 rings (SSSR count). The zero-order chi connectivity index (χ0) is 14.0. The summed E-state index contributed by atoms with van der Waals surface area (Å²) in [6.07, 6.45) is 0.713. The second kappa shape index (κ2) is 5.43. The molecule has 0 bridgehead atoms. The Hall–Kier alpha value is -1.19. The zero-order valence-corrected chi connectivity index (χ0v) is 13.1. The van der Waals surface area contributed by atoms with E-state index in [1.54, 1.807) is 0 Å². The summed E-state index contributed by atoms with van der Waals surface area (Å²) in [6.45, 7) is 1.93. The van der Waals surface area contributed by atoms with Crippen LogP contribution in [-0.2, 0) is 16.4 Å². The van der Waals surface area contributed by atoms with Gasteiger partial charge in [0, 0.05) is 10.2 Å². The van der Waals surface area contributed by atoms with Gasteiger partial charge in [-0.05, 0) is 40.5 Å². The van der Waals surface area contributed by atoms with E-state index in [-0.39, 0.29) is 10.0 Å². The number of nitrogens with zero attached hydrogens (tertiary/aromatic N) is 2. The van der Waals surface area contributed by atoms with Gasteiger partial charge in [-0.1, -0.05) is 18.3 Å². The second-order valence-electron chi connectivity index (χ2n) is 3.65. The van der Waals surface area contributed by atoms with E-state index in [1.165, 1.54) is 29.5 Å². The fraction of sp³-hybridized carbons (Fsp3) is 0.200. The number of nitrogen functional groups attached to an aromatic ring is 1. The van der Waals surface area contributed by atoms with Crippen LogP contribution in [0.25, 0.3) is 0 Å². The maximum absolute atomic E-state index is 12.2. The molecule has 0 spiro atoms. The van der Waals surface area contributed by atoms with E-state index in [0.29, 0.717) is 16.6 Å². The lowest BCUT2D eigenvalue weighted by Gasteiger charge is -2.07. The van der Waals surface area contributed by atoms with Crippen molar-refractivity contribution in [2.45, 2.75) is 18.2 Å². The lowest BCUT2D eigenvalue weighted by atomic mass is 10.3. The average molecular weight is 363 g/mol. The Kier molecular flexibility index (Phi) is 4.07. The average Bonchev–Trinajstić information content (AvgIpc) is 2.75. The molecule has 1 aromatic carbocycles. The van der Waals surface area contributed by atoms with Crippen LogP contribution in [0.2, 0.25) is 0 Å². The van der Waals surface area contributed by atoms with Gasteiger partial charge in [-0.15, -0.1) is 10.2 Å². The molecule has 0 atom stereocenters. The van der Waals surface area contributed by atoms with Crippen molar-refractivity contribution in [1.82, 2.24) is 10.2 Å².